The van der Waals surface area contributed by atoms with Gasteiger partial charge in [-0.2, -0.15) is 0 Å². The standard InChI is InChI=1S/C15H19NO3/c1-11-5-3-6-12(2)19-15(9-11)13-7-4-8-14(10-13)16(17)18/h4,7-8,10,12,15H,1,3,5-6,9H2,2H3/t12-,15-/m0/s1. The number of non-ortho nitro benzene ring substituents is 1. The number of hydrogen-bond acceptors (Lipinski definition) is 3. The fourth-order valence-electron chi connectivity index (χ4n) is 2.44. The van der Waals surface area contributed by atoms with Gasteiger partial charge in [-0.3, -0.25) is 10.1 Å². The van der Waals surface area contributed by atoms with E-state index in [2.05, 4.69) is 13.5 Å². The van der Waals surface area contributed by atoms with Gasteiger partial charge in [0.05, 0.1) is 17.1 Å². The largest absolute Gasteiger partial charge is 0.370 e. The molecule has 0 N–H and O–H groups in total. The van der Waals surface area contributed by atoms with E-state index >= 15 is 0 Å². The lowest BCUT2D eigenvalue weighted by Crippen LogP contribution is -2.17. The van der Waals surface area contributed by atoms with E-state index < -0.39 is 0 Å². The van der Waals surface area contributed by atoms with E-state index in [9.17, 15) is 10.1 Å². The van der Waals surface area contributed by atoms with Crippen LogP contribution in [-0.4, -0.2) is 11.0 Å². The van der Waals surface area contributed by atoms with Gasteiger partial charge < -0.3 is 4.74 Å². The SMILES string of the molecule is C=C1CCC[C@H](C)O[C@H](c2cccc([N+](=O)[O-])c2)C1. The van der Waals surface area contributed by atoms with Gasteiger partial charge in [0.2, 0.25) is 0 Å². The van der Waals surface area contributed by atoms with Crippen LogP contribution in [0.4, 0.5) is 5.69 Å². The molecule has 1 aliphatic heterocycles. The van der Waals surface area contributed by atoms with Crippen LogP contribution in [-0.2, 0) is 4.74 Å². The van der Waals surface area contributed by atoms with Gasteiger partial charge in [0.15, 0.2) is 0 Å². The molecule has 1 saturated heterocycles. The number of benzene rings is 1. The summed E-state index contributed by atoms with van der Waals surface area (Å²) in [6, 6.07) is 6.71. The lowest BCUT2D eigenvalue weighted by molar-refractivity contribution is -0.385. The monoisotopic (exact) mass is 261 g/mol. The van der Waals surface area contributed by atoms with Crippen molar-refractivity contribution >= 4 is 5.69 Å². The second-order valence-corrected chi connectivity index (χ2v) is 5.13. The van der Waals surface area contributed by atoms with Crippen LogP contribution < -0.4 is 0 Å². The fourth-order valence-corrected chi connectivity index (χ4v) is 2.44. The Morgan fingerprint density at radius 3 is 3.00 bits per heavy atom. The number of rotatable bonds is 2. The summed E-state index contributed by atoms with van der Waals surface area (Å²) >= 11 is 0. The summed E-state index contributed by atoms with van der Waals surface area (Å²) in [5.74, 6) is 0. The van der Waals surface area contributed by atoms with Gasteiger partial charge in [-0.15, -0.1) is 0 Å². The lowest BCUT2D eigenvalue weighted by Gasteiger charge is -2.26. The van der Waals surface area contributed by atoms with Gasteiger partial charge in [-0.05, 0) is 38.2 Å². The summed E-state index contributed by atoms with van der Waals surface area (Å²) in [5, 5.41) is 10.8. The third-order valence-electron chi connectivity index (χ3n) is 3.46. The van der Waals surface area contributed by atoms with E-state index in [0.717, 1.165) is 36.8 Å². The van der Waals surface area contributed by atoms with Crippen LogP contribution in [0.15, 0.2) is 36.4 Å². The van der Waals surface area contributed by atoms with Gasteiger partial charge in [0.1, 0.15) is 0 Å². The average molecular weight is 261 g/mol. The smallest absolute Gasteiger partial charge is 0.269 e. The van der Waals surface area contributed by atoms with E-state index in [0.29, 0.717) is 0 Å². The molecule has 0 unspecified atom stereocenters. The van der Waals surface area contributed by atoms with Gasteiger partial charge in [0, 0.05) is 12.1 Å². The second kappa shape index (κ2) is 5.97. The molecular formula is C15H19NO3. The minimum atomic E-state index is -0.370. The molecule has 4 heteroatoms. The van der Waals surface area contributed by atoms with E-state index in [1.165, 1.54) is 6.07 Å². The van der Waals surface area contributed by atoms with Crippen LogP contribution in [0.5, 0.6) is 0 Å². The van der Waals surface area contributed by atoms with Crippen LogP contribution in [0.2, 0.25) is 0 Å². The minimum Gasteiger partial charge on any atom is -0.370 e. The molecule has 2 rings (SSSR count). The minimum absolute atomic E-state index is 0.112. The van der Waals surface area contributed by atoms with Gasteiger partial charge >= 0.3 is 0 Å². The molecule has 1 fully saturated rings. The number of hydrogen-bond donors (Lipinski definition) is 0. The molecule has 0 saturated carbocycles. The molecule has 0 radical (unpaired) electrons. The number of nitro benzene ring substituents is 1. The maximum absolute atomic E-state index is 10.8. The van der Waals surface area contributed by atoms with E-state index in [1.807, 2.05) is 6.07 Å². The van der Waals surface area contributed by atoms with Crippen molar-refractivity contribution in [1.29, 1.82) is 0 Å². The molecular weight excluding hydrogens is 242 g/mol. The molecule has 1 aromatic rings. The zero-order valence-electron chi connectivity index (χ0n) is 11.2. The molecule has 0 aliphatic carbocycles. The van der Waals surface area contributed by atoms with Crippen LogP contribution in [0, 0.1) is 10.1 Å². The molecule has 0 amide bonds. The van der Waals surface area contributed by atoms with Gasteiger partial charge in [-0.25, -0.2) is 0 Å². The van der Waals surface area contributed by atoms with Crippen molar-refractivity contribution in [3.63, 3.8) is 0 Å². The highest BCUT2D eigenvalue weighted by atomic mass is 16.6. The zero-order chi connectivity index (χ0) is 13.8. The highest BCUT2D eigenvalue weighted by Gasteiger charge is 2.21. The van der Waals surface area contributed by atoms with Crippen molar-refractivity contribution < 1.29 is 9.66 Å². The Hall–Kier alpha value is -1.68. The molecule has 19 heavy (non-hydrogen) atoms. The topological polar surface area (TPSA) is 52.4 Å². The zero-order valence-corrected chi connectivity index (χ0v) is 11.2. The van der Waals surface area contributed by atoms with E-state index in [1.54, 1.807) is 12.1 Å². The predicted octanol–water partition coefficient (Wildman–Crippen LogP) is 4.17. The summed E-state index contributed by atoms with van der Waals surface area (Å²) in [6.45, 7) is 6.11. The van der Waals surface area contributed by atoms with E-state index in [-0.39, 0.29) is 22.8 Å². The third-order valence-corrected chi connectivity index (χ3v) is 3.46. The van der Waals surface area contributed by atoms with E-state index in [4.69, 9.17) is 4.74 Å². The highest BCUT2D eigenvalue weighted by Crippen LogP contribution is 2.32. The molecule has 102 valence electrons. The molecule has 0 aromatic heterocycles. The van der Waals surface area contributed by atoms with Crippen molar-refractivity contribution in [2.24, 2.45) is 0 Å². The Kier molecular flexibility index (Phi) is 4.32. The Morgan fingerprint density at radius 1 is 1.47 bits per heavy atom. The van der Waals surface area contributed by atoms with Crippen molar-refractivity contribution in [2.45, 2.75) is 44.8 Å². The maximum atomic E-state index is 10.8. The number of nitrogens with zero attached hydrogens (tertiary/aromatic N) is 1. The molecule has 0 bridgehead atoms. The predicted molar refractivity (Wildman–Crippen MR) is 74.0 cm³/mol. The summed E-state index contributed by atoms with van der Waals surface area (Å²) in [6.07, 6.45) is 3.91. The Labute approximate surface area is 113 Å². The summed E-state index contributed by atoms with van der Waals surface area (Å²) in [7, 11) is 0. The maximum Gasteiger partial charge on any atom is 0.269 e. The lowest BCUT2D eigenvalue weighted by atomic mass is 9.96. The summed E-state index contributed by atoms with van der Waals surface area (Å²) < 4.78 is 6.00. The Morgan fingerprint density at radius 2 is 2.26 bits per heavy atom. The molecule has 1 heterocycles. The third kappa shape index (κ3) is 3.64. The van der Waals surface area contributed by atoms with Crippen molar-refractivity contribution in [2.75, 3.05) is 0 Å². The molecule has 0 spiro atoms. The normalized spacial score (nSPS) is 24.6. The number of ether oxygens (including phenoxy) is 1. The van der Waals surface area contributed by atoms with Crippen LogP contribution in [0.3, 0.4) is 0 Å². The molecule has 4 nitrogen and oxygen atoms in total. The second-order valence-electron chi connectivity index (χ2n) is 5.13. The van der Waals surface area contributed by atoms with Crippen LogP contribution in [0.25, 0.3) is 0 Å². The molecule has 2 atom stereocenters. The van der Waals surface area contributed by atoms with Crippen LogP contribution in [0.1, 0.15) is 44.3 Å². The first-order valence-corrected chi connectivity index (χ1v) is 6.62. The van der Waals surface area contributed by atoms with Crippen molar-refractivity contribution in [3.8, 4) is 0 Å². The van der Waals surface area contributed by atoms with Crippen molar-refractivity contribution in [1.82, 2.24) is 0 Å². The molecule has 1 aromatic carbocycles. The molecule has 1 aliphatic rings. The quantitative estimate of drug-likeness (QED) is 0.456. The number of nitro groups is 1. The summed E-state index contributed by atoms with van der Waals surface area (Å²) in [5.41, 5.74) is 2.13. The highest BCUT2D eigenvalue weighted by molar-refractivity contribution is 5.35. The van der Waals surface area contributed by atoms with Gasteiger partial charge in [0.25, 0.3) is 5.69 Å². The van der Waals surface area contributed by atoms with Crippen molar-refractivity contribution in [3.05, 3.63) is 52.1 Å². The van der Waals surface area contributed by atoms with Crippen LogP contribution >= 0.6 is 0 Å². The first-order valence-electron chi connectivity index (χ1n) is 6.62. The Balaban J connectivity index is 2.23. The summed E-state index contributed by atoms with van der Waals surface area (Å²) in [4.78, 5) is 10.5. The fraction of sp³-hybridized carbons (Fsp3) is 0.467. The van der Waals surface area contributed by atoms with Gasteiger partial charge in [-0.1, -0.05) is 24.3 Å². The average Bonchev–Trinajstić information content (AvgIpc) is 2.36. The first-order chi connectivity index (χ1) is 9.06. The Bertz CT molecular complexity index is 484. The first kappa shape index (κ1) is 13.7.